The van der Waals surface area contributed by atoms with Crippen LogP contribution < -0.4 is 4.74 Å². The minimum absolute atomic E-state index is 0.0691. The highest BCUT2D eigenvalue weighted by atomic mass is 16.5. The molecule has 0 amide bonds. The second-order valence-corrected chi connectivity index (χ2v) is 9.38. The summed E-state index contributed by atoms with van der Waals surface area (Å²) >= 11 is 0. The van der Waals surface area contributed by atoms with Crippen molar-refractivity contribution >= 4 is 12.0 Å². The molecular formula is C28H38O4. The van der Waals surface area contributed by atoms with E-state index in [1.807, 2.05) is 13.0 Å². The molecule has 0 saturated carbocycles. The van der Waals surface area contributed by atoms with Crippen molar-refractivity contribution in [1.82, 2.24) is 0 Å². The van der Waals surface area contributed by atoms with E-state index >= 15 is 0 Å². The van der Waals surface area contributed by atoms with E-state index < -0.39 is 11.6 Å². The van der Waals surface area contributed by atoms with Gasteiger partial charge in [-0.15, -0.1) is 0 Å². The molecule has 0 radical (unpaired) electrons. The molecule has 0 aliphatic carbocycles. The van der Waals surface area contributed by atoms with Crippen molar-refractivity contribution in [3.05, 3.63) is 63.8 Å². The van der Waals surface area contributed by atoms with E-state index in [9.17, 15) is 15.0 Å². The molecule has 0 fully saturated rings. The molecule has 0 unspecified atom stereocenters. The second-order valence-electron chi connectivity index (χ2n) is 9.38. The van der Waals surface area contributed by atoms with E-state index in [2.05, 4.69) is 45.9 Å². The lowest BCUT2D eigenvalue weighted by Crippen LogP contribution is -2.31. The molecule has 4 heteroatoms. The number of aromatic carboxylic acids is 1. The molecule has 1 aliphatic rings. The van der Waals surface area contributed by atoms with Crippen molar-refractivity contribution < 1.29 is 19.7 Å². The zero-order valence-electron chi connectivity index (χ0n) is 20.4. The lowest BCUT2D eigenvalue weighted by Gasteiger charge is -2.32. The number of carboxylic acids is 1. The number of phenols is 1. The number of hydrogen-bond acceptors (Lipinski definition) is 3. The van der Waals surface area contributed by atoms with Gasteiger partial charge < -0.3 is 14.9 Å². The summed E-state index contributed by atoms with van der Waals surface area (Å²) in [5.74, 6) is -0.835. The zero-order valence-corrected chi connectivity index (χ0v) is 20.4. The van der Waals surface area contributed by atoms with Crippen molar-refractivity contribution in [3.63, 3.8) is 0 Å². The largest absolute Gasteiger partial charge is 0.506 e. The number of ether oxygens (including phenoxy) is 1. The molecule has 1 atom stereocenters. The zero-order chi connectivity index (χ0) is 23.9. The summed E-state index contributed by atoms with van der Waals surface area (Å²) in [6.45, 7) is 12.4. The average Bonchev–Trinajstić information content (AvgIpc) is 2.66. The number of allylic oxidation sites excluding steroid dienone is 6. The summed E-state index contributed by atoms with van der Waals surface area (Å²) in [5, 5.41) is 19.7. The first-order chi connectivity index (χ1) is 15.0. The molecule has 1 heterocycles. The van der Waals surface area contributed by atoms with E-state index in [0.29, 0.717) is 16.9 Å². The number of hydrogen-bond donors (Lipinski definition) is 2. The van der Waals surface area contributed by atoms with Gasteiger partial charge in [0.2, 0.25) is 0 Å². The van der Waals surface area contributed by atoms with Crippen LogP contribution in [0, 0.1) is 6.92 Å². The molecule has 0 spiro atoms. The molecule has 0 bridgehead atoms. The molecule has 0 saturated heterocycles. The molecule has 32 heavy (non-hydrogen) atoms. The van der Waals surface area contributed by atoms with Crippen LogP contribution in [0.3, 0.4) is 0 Å². The third-order valence-electron chi connectivity index (χ3n) is 5.92. The molecule has 1 aromatic rings. The Hall–Kier alpha value is -2.75. The van der Waals surface area contributed by atoms with Gasteiger partial charge in [0, 0.05) is 0 Å². The Morgan fingerprint density at radius 1 is 1.03 bits per heavy atom. The van der Waals surface area contributed by atoms with E-state index in [1.54, 1.807) is 19.1 Å². The predicted molar refractivity (Wildman–Crippen MR) is 133 cm³/mol. The number of aromatic hydroxyl groups is 1. The summed E-state index contributed by atoms with van der Waals surface area (Å²) in [5.41, 5.74) is 4.57. The maximum absolute atomic E-state index is 11.4. The first-order valence-corrected chi connectivity index (χ1v) is 11.4. The fraction of sp³-hybridized carbons (Fsp3) is 0.464. The number of carbonyl (C=O) groups is 1. The number of carboxylic acid groups (broad SMARTS) is 1. The first-order valence-electron chi connectivity index (χ1n) is 11.4. The molecular weight excluding hydrogens is 400 g/mol. The van der Waals surface area contributed by atoms with E-state index in [0.717, 1.165) is 38.5 Å². The third kappa shape index (κ3) is 7.15. The molecule has 0 aromatic heterocycles. The lowest BCUT2D eigenvalue weighted by atomic mass is 9.92. The van der Waals surface area contributed by atoms with E-state index in [1.165, 1.54) is 16.7 Å². The number of aryl methyl sites for hydroxylation is 1. The van der Waals surface area contributed by atoms with Gasteiger partial charge in [-0.05, 0) is 104 Å². The van der Waals surface area contributed by atoms with Gasteiger partial charge in [-0.2, -0.15) is 0 Å². The standard InChI is InChI=1S/C28H38O4/c1-19(2)10-7-11-20(3)12-8-13-21(4)14-9-16-28(6)17-15-23-24(32-28)18-22(5)25(26(23)29)27(30)31/h10,12,14-15,17-18,29H,7-9,11,13,16H2,1-6H3,(H,30,31)/b20-12?,21-14+/t28-/m0/s1. The Kier molecular flexibility index (Phi) is 8.94. The lowest BCUT2D eigenvalue weighted by molar-refractivity contribution is 0.0692. The van der Waals surface area contributed by atoms with Crippen molar-refractivity contribution in [2.75, 3.05) is 0 Å². The molecule has 4 nitrogen and oxygen atoms in total. The number of benzene rings is 1. The maximum Gasteiger partial charge on any atom is 0.339 e. The van der Waals surface area contributed by atoms with Crippen molar-refractivity contribution in [2.24, 2.45) is 0 Å². The normalized spacial score (nSPS) is 18.2. The fourth-order valence-electron chi connectivity index (χ4n) is 3.92. The SMILES string of the molecule is CC(C)=CCCC(C)=CCC/C(C)=C/CC[C@@]1(C)C=Cc2c(cc(C)c(C(=O)O)c2O)O1. The van der Waals surface area contributed by atoms with Crippen molar-refractivity contribution in [1.29, 1.82) is 0 Å². The van der Waals surface area contributed by atoms with Crippen molar-refractivity contribution in [3.8, 4) is 11.5 Å². The molecule has 2 rings (SSSR count). The molecule has 1 aliphatic heterocycles. The summed E-state index contributed by atoms with van der Waals surface area (Å²) in [4.78, 5) is 11.4. The van der Waals surface area contributed by atoms with Gasteiger partial charge in [-0.1, -0.05) is 34.9 Å². The van der Waals surface area contributed by atoms with Crippen LogP contribution in [-0.4, -0.2) is 21.8 Å². The van der Waals surface area contributed by atoms with Crippen LogP contribution in [0.1, 0.15) is 94.6 Å². The van der Waals surface area contributed by atoms with Gasteiger partial charge in [0.1, 0.15) is 22.7 Å². The second kappa shape index (κ2) is 11.2. The van der Waals surface area contributed by atoms with Gasteiger partial charge in [0.05, 0.1) is 5.56 Å². The summed E-state index contributed by atoms with van der Waals surface area (Å²) in [6, 6.07) is 1.70. The van der Waals surface area contributed by atoms with Gasteiger partial charge in [0.25, 0.3) is 0 Å². The van der Waals surface area contributed by atoms with Crippen LogP contribution in [0.4, 0.5) is 0 Å². The number of fused-ring (bicyclic) bond motifs is 1. The van der Waals surface area contributed by atoms with Crippen LogP contribution in [0.15, 0.2) is 47.1 Å². The number of rotatable bonds is 10. The van der Waals surface area contributed by atoms with Gasteiger partial charge in [0.15, 0.2) is 0 Å². The summed E-state index contributed by atoms with van der Waals surface area (Å²) in [6.07, 6.45) is 16.7. The Morgan fingerprint density at radius 3 is 2.22 bits per heavy atom. The fourth-order valence-corrected chi connectivity index (χ4v) is 3.92. The Labute approximate surface area is 193 Å². The quantitative estimate of drug-likeness (QED) is 0.366. The topological polar surface area (TPSA) is 66.8 Å². The van der Waals surface area contributed by atoms with Gasteiger partial charge in [-0.3, -0.25) is 0 Å². The van der Waals surface area contributed by atoms with Crippen LogP contribution in [0.5, 0.6) is 11.5 Å². The van der Waals surface area contributed by atoms with Crippen LogP contribution >= 0.6 is 0 Å². The average molecular weight is 439 g/mol. The third-order valence-corrected chi connectivity index (χ3v) is 5.92. The van der Waals surface area contributed by atoms with Crippen molar-refractivity contribution in [2.45, 2.75) is 85.7 Å². The Balaban J connectivity index is 1.91. The summed E-state index contributed by atoms with van der Waals surface area (Å²) in [7, 11) is 0. The van der Waals surface area contributed by atoms with Crippen LogP contribution in [0.25, 0.3) is 6.08 Å². The highest BCUT2D eigenvalue weighted by molar-refractivity contribution is 5.95. The van der Waals surface area contributed by atoms with Gasteiger partial charge in [-0.25, -0.2) is 4.79 Å². The Bertz CT molecular complexity index is 958. The monoisotopic (exact) mass is 438 g/mol. The predicted octanol–water partition coefficient (Wildman–Crippen LogP) is 7.76. The van der Waals surface area contributed by atoms with Crippen LogP contribution in [-0.2, 0) is 0 Å². The molecule has 174 valence electrons. The first kappa shape index (κ1) is 25.5. The van der Waals surface area contributed by atoms with E-state index in [4.69, 9.17) is 4.74 Å². The van der Waals surface area contributed by atoms with E-state index in [-0.39, 0.29) is 11.3 Å². The Morgan fingerprint density at radius 2 is 1.62 bits per heavy atom. The maximum atomic E-state index is 11.4. The minimum atomic E-state index is -1.14. The molecule has 1 aromatic carbocycles. The van der Waals surface area contributed by atoms with Gasteiger partial charge >= 0.3 is 5.97 Å². The molecule has 2 N–H and O–H groups in total. The minimum Gasteiger partial charge on any atom is -0.506 e. The highest BCUT2D eigenvalue weighted by Gasteiger charge is 2.30. The highest BCUT2D eigenvalue weighted by Crippen LogP contribution is 2.41. The summed E-state index contributed by atoms with van der Waals surface area (Å²) < 4.78 is 6.18. The smallest absolute Gasteiger partial charge is 0.339 e. The van der Waals surface area contributed by atoms with Crippen LogP contribution in [0.2, 0.25) is 0 Å².